The van der Waals surface area contributed by atoms with Gasteiger partial charge in [0.25, 0.3) is 0 Å². The summed E-state index contributed by atoms with van der Waals surface area (Å²) < 4.78 is 14.0. The van der Waals surface area contributed by atoms with Crippen molar-refractivity contribution in [1.29, 1.82) is 0 Å². The molecule has 0 radical (unpaired) electrons. The lowest BCUT2D eigenvalue weighted by Crippen LogP contribution is -2.20. The van der Waals surface area contributed by atoms with Crippen LogP contribution >= 0.6 is 11.6 Å². The molecule has 106 valence electrons. The predicted octanol–water partition coefficient (Wildman–Crippen LogP) is 4.60. The van der Waals surface area contributed by atoms with Crippen molar-refractivity contribution in [1.82, 2.24) is 5.32 Å². The molecule has 0 saturated heterocycles. The van der Waals surface area contributed by atoms with E-state index in [1.807, 2.05) is 13.1 Å². The summed E-state index contributed by atoms with van der Waals surface area (Å²) in [4.78, 5) is 0. The SMILES string of the molecule is CNC(Cc1cccc(Cl)c1F)c1cccc(C)c1C. The van der Waals surface area contributed by atoms with Gasteiger partial charge in [0.15, 0.2) is 0 Å². The summed E-state index contributed by atoms with van der Waals surface area (Å²) in [6, 6.07) is 11.4. The Labute approximate surface area is 124 Å². The Bertz CT molecular complexity index is 610. The molecule has 20 heavy (non-hydrogen) atoms. The lowest BCUT2D eigenvalue weighted by atomic mass is 9.93. The number of nitrogens with one attached hydrogen (secondary N) is 1. The van der Waals surface area contributed by atoms with E-state index >= 15 is 0 Å². The Morgan fingerprint density at radius 1 is 1.15 bits per heavy atom. The van der Waals surface area contributed by atoms with Gasteiger partial charge in [-0.2, -0.15) is 0 Å². The first-order chi connectivity index (χ1) is 9.54. The third-order valence-electron chi connectivity index (χ3n) is 3.83. The van der Waals surface area contributed by atoms with E-state index in [2.05, 4.69) is 31.3 Å². The maximum Gasteiger partial charge on any atom is 0.145 e. The van der Waals surface area contributed by atoms with Crippen molar-refractivity contribution in [2.45, 2.75) is 26.3 Å². The fourth-order valence-corrected chi connectivity index (χ4v) is 2.64. The minimum Gasteiger partial charge on any atom is -0.313 e. The third-order valence-corrected chi connectivity index (χ3v) is 4.12. The van der Waals surface area contributed by atoms with Crippen molar-refractivity contribution in [3.8, 4) is 0 Å². The van der Waals surface area contributed by atoms with E-state index in [-0.39, 0.29) is 16.9 Å². The molecule has 1 N–H and O–H groups in total. The Morgan fingerprint density at radius 3 is 2.55 bits per heavy atom. The average Bonchev–Trinajstić information content (AvgIpc) is 2.44. The van der Waals surface area contributed by atoms with Gasteiger partial charge in [0.1, 0.15) is 5.82 Å². The van der Waals surface area contributed by atoms with Crippen LogP contribution in [0, 0.1) is 19.7 Å². The lowest BCUT2D eigenvalue weighted by Gasteiger charge is -2.20. The average molecular weight is 292 g/mol. The van der Waals surface area contributed by atoms with E-state index in [0.29, 0.717) is 12.0 Å². The number of aryl methyl sites for hydroxylation is 1. The molecular formula is C17H19ClFN. The quantitative estimate of drug-likeness (QED) is 0.868. The number of benzene rings is 2. The lowest BCUT2D eigenvalue weighted by molar-refractivity contribution is 0.552. The Kier molecular flexibility index (Phi) is 4.79. The summed E-state index contributed by atoms with van der Waals surface area (Å²) in [5.74, 6) is -0.320. The largest absolute Gasteiger partial charge is 0.313 e. The Balaban J connectivity index is 2.34. The summed E-state index contributed by atoms with van der Waals surface area (Å²) in [6.45, 7) is 4.19. The summed E-state index contributed by atoms with van der Waals surface area (Å²) in [6.07, 6.45) is 0.577. The van der Waals surface area contributed by atoms with Crippen LogP contribution in [0.5, 0.6) is 0 Å². The second-order valence-corrected chi connectivity index (χ2v) is 5.45. The minimum absolute atomic E-state index is 0.0721. The summed E-state index contributed by atoms with van der Waals surface area (Å²) in [5, 5.41) is 3.45. The van der Waals surface area contributed by atoms with Gasteiger partial charge >= 0.3 is 0 Å². The molecule has 1 unspecified atom stereocenters. The normalized spacial score (nSPS) is 12.4. The molecule has 0 spiro atoms. The molecule has 3 heteroatoms. The minimum atomic E-state index is -0.320. The van der Waals surface area contributed by atoms with E-state index in [1.165, 1.54) is 16.7 Å². The highest BCUT2D eigenvalue weighted by Gasteiger charge is 2.16. The first-order valence-corrected chi connectivity index (χ1v) is 7.08. The Hall–Kier alpha value is -1.38. The summed E-state index contributed by atoms with van der Waals surface area (Å²) in [7, 11) is 1.90. The first kappa shape index (κ1) is 15.0. The number of hydrogen-bond acceptors (Lipinski definition) is 1. The topological polar surface area (TPSA) is 12.0 Å². The zero-order valence-corrected chi connectivity index (χ0v) is 12.8. The van der Waals surface area contributed by atoms with E-state index in [4.69, 9.17) is 11.6 Å². The van der Waals surface area contributed by atoms with Crippen LogP contribution in [-0.4, -0.2) is 7.05 Å². The van der Waals surface area contributed by atoms with Crippen molar-refractivity contribution in [3.63, 3.8) is 0 Å². The van der Waals surface area contributed by atoms with Crippen molar-refractivity contribution < 1.29 is 4.39 Å². The van der Waals surface area contributed by atoms with Gasteiger partial charge in [-0.1, -0.05) is 41.9 Å². The fraction of sp³-hybridized carbons (Fsp3) is 0.294. The van der Waals surface area contributed by atoms with Crippen LogP contribution < -0.4 is 5.32 Å². The predicted molar refractivity (Wildman–Crippen MR) is 82.8 cm³/mol. The van der Waals surface area contributed by atoms with Gasteiger partial charge in [0.05, 0.1) is 5.02 Å². The van der Waals surface area contributed by atoms with Gasteiger partial charge in [-0.05, 0) is 55.6 Å². The van der Waals surface area contributed by atoms with Crippen LogP contribution in [-0.2, 0) is 6.42 Å². The molecule has 0 amide bonds. The van der Waals surface area contributed by atoms with Gasteiger partial charge in [0.2, 0.25) is 0 Å². The summed E-state index contributed by atoms with van der Waals surface area (Å²) in [5.41, 5.74) is 4.33. The van der Waals surface area contributed by atoms with Crippen molar-refractivity contribution in [2.75, 3.05) is 7.05 Å². The maximum absolute atomic E-state index is 14.0. The second-order valence-electron chi connectivity index (χ2n) is 5.05. The maximum atomic E-state index is 14.0. The third kappa shape index (κ3) is 3.02. The number of likely N-dealkylation sites (N-methyl/N-ethyl adjacent to an activating group) is 1. The molecule has 2 aromatic carbocycles. The smallest absolute Gasteiger partial charge is 0.145 e. The van der Waals surface area contributed by atoms with Crippen LogP contribution in [0.1, 0.15) is 28.3 Å². The molecule has 0 aliphatic rings. The molecule has 1 nitrogen and oxygen atoms in total. The van der Waals surface area contributed by atoms with Crippen LogP contribution in [0.15, 0.2) is 36.4 Å². The van der Waals surface area contributed by atoms with Gasteiger partial charge in [0, 0.05) is 6.04 Å². The molecular weight excluding hydrogens is 273 g/mol. The standard InChI is InChI=1S/C17H19ClFN/c1-11-6-4-8-14(12(11)2)16(20-3)10-13-7-5-9-15(18)17(13)19/h4-9,16,20H,10H2,1-3H3. The number of hydrogen-bond donors (Lipinski definition) is 1. The molecule has 1 atom stereocenters. The van der Waals surface area contributed by atoms with E-state index in [9.17, 15) is 4.39 Å². The highest BCUT2D eigenvalue weighted by Crippen LogP contribution is 2.26. The summed E-state index contributed by atoms with van der Waals surface area (Å²) >= 11 is 5.85. The van der Waals surface area contributed by atoms with Crippen LogP contribution in [0.25, 0.3) is 0 Å². The van der Waals surface area contributed by atoms with Crippen LogP contribution in [0.4, 0.5) is 4.39 Å². The van der Waals surface area contributed by atoms with Crippen LogP contribution in [0.2, 0.25) is 5.02 Å². The molecule has 0 fully saturated rings. The molecule has 0 aliphatic carbocycles. The van der Waals surface area contributed by atoms with Crippen LogP contribution in [0.3, 0.4) is 0 Å². The van der Waals surface area contributed by atoms with E-state index in [1.54, 1.807) is 18.2 Å². The monoisotopic (exact) mass is 291 g/mol. The molecule has 2 rings (SSSR count). The number of halogens is 2. The van der Waals surface area contributed by atoms with Gasteiger partial charge < -0.3 is 5.32 Å². The van der Waals surface area contributed by atoms with Gasteiger partial charge in [-0.15, -0.1) is 0 Å². The second kappa shape index (κ2) is 6.38. The van der Waals surface area contributed by atoms with Crippen molar-refractivity contribution in [3.05, 3.63) is 69.5 Å². The highest BCUT2D eigenvalue weighted by atomic mass is 35.5. The molecule has 0 bridgehead atoms. The first-order valence-electron chi connectivity index (χ1n) is 6.71. The molecule has 2 aromatic rings. The zero-order chi connectivity index (χ0) is 14.7. The fourth-order valence-electron chi connectivity index (χ4n) is 2.44. The molecule has 0 saturated carbocycles. The highest BCUT2D eigenvalue weighted by molar-refractivity contribution is 6.30. The molecule has 0 aliphatic heterocycles. The molecule has 0 heterocycles. The zero-order valence-electron chi connectivity index (χ0n) is 12.0. The van der Waals surface area contributed by atoms with Gasteiger partial charge in [-0.25, -0.2) is 4.39 Å². The molecule has 0 aromatic heterocycles. The number of rotatable bonds is 4. The van der Waals surface area contributed by atoms with E-state index < -0.39 is 0 Å². The van der Waals surface area contributed by atoms with Crippen molar-refractivity contribution in [2.24, 2.45) is 0 Å². The van der Waals surface area contributed by atoms with Crippen molar-refractivity contribution >= 4 is 11.6 Å². The van der Waals surface area contributed by atoms with E-state index in [0.717, 1.165) is 0 Å². The van der Waals surface area contributed by atoms with Gasteiger partial charge in [-0.3, -0.25) is 0 Å². The Morgan fingerprint density at radius 2 is 1.85 bits per heavy atom.